The van der Waals surface area contributed by atoms with Gasteiger partial charge in [-0.05, 0) is 26.0 Å². The van der Waals surface area contributed by atoms with Crippen molar-refractivity contribution in [1.29, 1.82) is 0 Å². The smallest absolute Gasteiger partial charge is 0.0572 e. The van der Waals surface area contributed by atoms with E-state index in [9.17, 15) is 0 Å². The van der Waals surface area contributed by atoms with Gasteiger partial charge in [-0.2, -0.15) is 0 Å². The van der Waals surface area contributed by atoms with Crippen LogP contribution in [0.4, 0.5) is 0 Å². The van der Waals surface area contributed by atoms with E-state index in [0.29, 0.717) is 0 Å². The SMILES string of the molecule is C=C/C=C\C(=C(/C)N(C)N/C=C\C=C/C)N(C)C. The molecule has 0 aliphatic heterocycles. The van der Waals surface area contributed by atoms with E-state index < -0.39 is 0 Å². The van der Waals surface area contributed by atoms with E-state index in [1.165, 1.54) is 0 Å². The van der Waals surface area contributed by atoms with Crippen molar-refractivity contribution in [2.75, 3.05) is 21.1 Å². The molecule has 0 amide bonds. The Hall–Kier alpha value is -1.90. The summed E-state index contributed by atoms with van der Waals surface area (Å²) >= 11 is 0. The summed E-state index contributed by atoms with van der Waals surface area (Å²) in [5, 5.41) is 1.97. The molecule has 0 spiro atoms. The lowest BCUT2D eigenvalue weighted by atomic mass is 10.3. The number of hydrogen-bond donors (Lipinski definition) is 1. The van der Waals surface area contributed by atoms with Crippen LogP contribution in [0, 0.1) is 0 Å². The highest BCUT2D eigenvalue weighted by molar-refractivity contribution is 5.24. The molecule has 3 nitrogen and oxygen atoms in total. The zero-order valence-corrected chi connectivity index (χ0v) is 12.1. The predicted octanol–water partition coefficient (Wildman–Crippen LogP) is 3.05. The van der Waals surface area contributed by atoms with E-state index >= 15 is 0 Å². The summed E-state index contributed by atoms with van der Waals surface area (Å²) < 4.78 is 0. The van der Waals surface area contributed by atoms with Gasteiger partial charge in [-0.25, -0.2) is 0 Å². The molecule has 0 aliphatic carbocycles. The Labute approximate surface area is 111 Å². The van der Waals surface area contributed by atoms with Crippen molar-refractivity contribution in [3.05, 3.63) is 60.6 Å². The van der Waals surface area contributed by atoms with Crippen LogP contribution in [0.25, 0.3) is 0 Å². The number of hydrogen-bond acceptors (Lipinski definition) is 3. The second kappa shape index (κ2) is 9.16. The third kappa shape index (κ3) is 5.99. The van der Waals surface area contributed by atoms with Gasteiger partial charge >= 0.3 is 0 Å². The quantitative estimate of drug-likeness (QED) is 0.551. The van der Waals surface area contributed by atoms with Crippen LogP contribution in [0.2, 0.25) is 0 Å². The van der Waals surface area contributed by atoms with Crippen molar-refractivity contribution in [2.24, 2.45) is 0 Å². The first-order valence-corrected chi connectivity index (χ1v) is 5.99. The summed E-state index contributed by atoms with van der Waals surface area (Å²) in [5.41, 5.74) is 5.44. The third-order valence-corrected chi connectivity index (χ3v) is 2.41. The summed E-state index contributed by atoms with van der Waals surface area (Å²) in [5.74, 6) is 0. The van der Waals surface area contributed by atoms with Crippen LogP contribution < -0.4 is 5.43 Å². The molecule has 0 fully saturated rings. The van der Waals surface area contributed by atoms with Crippen molar-refractivity contribution < 1.29 is 0 Å². The molecule has 0 heterocycles. The molecule has 0 saturated carbocycles. The van der Waals surface area contributed by atoms with Gasteiger partial charge in [0.2, 0.25) is 0 Å². The number of nitrogens with zero attached hydrogens (tertiary/aromatic N) is 2. The Balaban J connectivity index is 4.85. The number of allylic oxidation sites excluding steroid dienone is 7. The molecule has 100 valence electrons. The van der Waals surface area contributed by atoms with Gasteiger partial charge in [0, 0.05) is 27.3 Å². The van der Waals surface area contributed by atoms with Crippen LogP contribution in [-0.4, -0.2) is 31.1 Å². The van der Waals surface area contributed by atoms with Crippen molar-refractivity contribution in [3.8, 4) is 0 Å². The highest BCUT2D eigenvalue weighted by Gasteiger charge is 2.04. The fourth-order valence-corrected chi connectivity index (χ4v) is 1.34. The normalized spacial score (nSPS) is 13.2. The zero-order chi connectivity index (χ0) is 14.0. The molecule has 0 rings (SSSR count). The molecule has 0 aromatic rings. The fraction of sp³-hybridized carbons (Fsp3) is 0.333. The van der Waals surface area contributed by atoms with Crippen LogP contribution in [-0.2, 0) is 0 Å². The lowest BCUT2D eigenvalue weighted by molar-refractivity contribution is 0.336. The Morgan fingerprint density at radius 3 is 2.28 bits per heavy atom. The second-order valence-corrected chi connectivity index (χ2v) is 4.03. The zero-order valence-electron chi connectivity index (χ0n) is 12.1. The fourth-order valence-electron chi connectivity index (χ4n) is 1.34. The minimum Gasteiger partial charge on any atom is -0.376 e. The van der Waals surface area contributed by atoms with Crippen molar-refractivity contribution in [2.45, 2.75) is 13.8 Å². The lowest BCUT2D eigenvalue weighted by Crippen LogP contribution is -2.30. The molecule has 1 N–H and O–H groups in total. The lowest BCUT2D eigenvalue weighted by Gasteiger charge is -2.25. The van der Waals surface area contributed by atoms with Gasteiger partial charge < -0.3 is 10.3 Å². The highest BCUT2D eigenvalue weighted by Crippen LogP contribution is 2.10. The van der Waals surface area contributed by atoms with Crippen LogP contribution in [0.3, 0.4) is 0 Å². The summed E-state index contributed by atoms with van der Waals surface area (Å²) in [7, 11) is 6.03. The van der Waals surface area contributed by atoms with Crippen molar-refractivity contribution >= 4 is 0 Å². The van der Waals surface area contributed by atoms with Crippen LogP contribution >= 0.6 is 0 Å². The Morgan fingerprint density at radius 1 is 1.11 bits per heavy atom. The van der Waals surface area contributed by atoms with Gasteiger partial charge in [0.15, 0.2) is 0 Å². The maximum Gasteiger partial charge on any atom is 0.0572 e. The molecule has 0 atom stereocenters. The maximum atomic E-state index is 3.69. The van der Waals surface area contributed by atoms with Crippen molar-refractivity contribution in [1.82, 2.24) is 15.3 Å². The average molecular weight is 247 g/mol. The predicted molar refractivity (Wildman–Crippen MR) is 80.6 cm³/mol. The molecule has 0 aliphatic rings. The molecule has 0 aromatic heterocycles. The van der Waals surface area contributed by atoms with Gasteiger partial charge in [-0.15, -0.1) is 0 Å². The van der Waals surface area contributed by atoms with Crippen LogP contribution in [0.1, 0.15) is 13.8 Å². The van der Waals surface area contributed by atoms with Gasteiger partial charge in [-0.1, -0.05) is 30.9 Å². The summed E-state index contributed by atoms with van der Waals surface area (Å²) in [6.07, 6.45) is 13.6. The minimum absolute atomic E-state index is 1.13. The number of likely N-dealkylation sites (N-methyl/N-ethyl adjacent to an activating group) is 1. The molecule has 0 aromatic carbocycles. The molecule has 3 heteroatoms. The first-order chi connectivity index (χ1) is 8.54. The molecular weight excluding hydrogens is 222 g/mol. The van der Waals surface area contributed by atoms with E-state index in [2.05, 4.69) is 23.8 Å². The molecule has 0 bridgehead atoms. The van der Waals surface area contributed by atoms with E-state index in [1.54, 1.807) is 6.08 Å². The van der Waals surface area contributed by atoms with Crippen molar-refractivity contribution in [3.63, 3.8) is 0 Å². The van der Waals surface area contributed by atoms with Gasteiger partial charge in [-0.3, -0.25) is 5.01 Å². The molecule has 0 saturated heterocycles. The average Bonchev–Trinajstić information content (AvgIpc) is 2.34. The summed E-state index contributed by atoms with van der Waals surface area (Å²) in [6.45, 7) is 7.75. The second-order valence-electron chi connectivity index (χ2n) is 4.03. The number of nitrogens with one attached hydrogen (secondary N) is 1. The Kier molecular flexibility index (Phi) is 8.20. The topological polar surface area (TPSA) is 18.5 Å². The first-order valence-electron chi connectivity index (χ1n) is 5.99. The molecule has 0 radical (unpaired) electrons. The van der Waals surface area contributed by atoms with E-state index in [-0.39, 0.29) is 0 Å². The first kappa shape index (κ1) is 16.1. The van der Waals surface area contributed by atoms with E-state index in [4.69, 9.17) is 0 Å². The molecule has 0 unspecified atom stereocenters. The number of hydrazine groups is 1. The standard InChI is InChI=1S/C15H25N3/c1-7-9-11-13-16-18(6)14(3)15(17(4)5)12-10-8-2/h7-13,16H,2H2,1,3-6H3/b9-7-,12-10-,13-11-,15-14-. The maximum absolute atomic E-state index is 3.69. The summed E-state index contributed by atoms with van der Waals surface area (Å²) in [6, 6.07) is 0. The number of rotatable bonds is 7. The third-order valence-electron chi connectivity index (χ3n) is 2.41. The van der Waals surface area contributed by atoms with Crippen LogP contribution in [0.5, 0.6) is 0 Å². The molecular formula is C15H25N3. The monoisotopic (exact) mass is 247 g/mol. The summed E-state index contributed by atoms with van der Waals surface area (Å²) in [4.78, 5) is 2.07. The van der Waals surface area contributed by atoms with Gasteiger partial charge in [0.05, 0.1) is 11.4 Å². The molecule has 18 heavy (non-hydrogen) atoms. The Bertz CT molecular complexity index is 360. The van der Waals surface area contributed by atoms with E-state index in [0.717, 1.165) is 11.4 Å². The van der Waals surface area contributed by atoms with E-state index in [1.807, 2.05) is 69.7 Å². The minimum atomic E-state index is 1.13. The Morgan fingerprint density at radius 2 is 1.78 bits per heavy atom. The van der Waals surface area contributed by atoms with Crippen LogP contribution in [0.15, 0.2) is 60.6 Å². The largest absolute Gasteiger partial charge is 0.376 e. The van der Waals surface area contributed by atoms with Gasteiger partial charge in [0.25, 0.3) is 0 Å². The van der Waals surface area contributed by atoms with Gasteiger partial charge in [0.1, 0.15) is 0 Å². The highest BCUT2D eigenvalue weighted by atomic mass is 15.5.